The molecule has 2 nitrogen and oxygen atoms in total. The van der Waals surface area contributed by atoms with Gasteiger partial charge < -0.3 is 10.4 Å². The molecular weight excluding hydrogens is 162 g/mol. The Kier molecular flexibility index (Phi) is 5.09. The minimum atomic E-state index is 0.191. The van der Waals surface area contributed by atoms with Gasteiger partial charge >= 0.3 is 0 Å². The molecule has 0 aliphatic heterocycles. The molecule has 0 bridgehead atoms. The maximum Gasteiger partial charge on any atom is 0.0612 e. The molecule has 1 aliphatic carbocycles. The van der Waals surface area contributed by atoms with Gasteiger partial charge in [0.25, 0.3) is 0 Å². The largest absolute Gasteiger partial charge is 0.392 e. The molecule has 76 valence electrons. The average molecular weight is 183 g/mol. The van der Waals surface area contributed by atoms with Crippen LogP contribution in [0.3, 0.4) is 0 Å². The van der Waals surface area contributed by atoms with Gasteiger partial charge in [0, 0.05) is 0 Å². The van der Waals surface area contributed by atoms with E-state index in [1.54, 1.807) is 0 Å². The van der Waals surface area contributed by atoms with Crippen molar-refractivity contribution in [2.45, 2.75) is 25.7 Å². The molecule has 0 saturated heterocycles. The van der Waals surface area contributed by atoms with Gasteiger partial charge in [-0.25, -0.2) is 0 Å². The molecule has 0 aromatic carbocycles. The van der Waals surface area contributed by atoms with Crippen LogP contribution in [-0.4, -0.2) is 25.3 Å². The highest BCUT2D eigenvalue weighted by Gasteiger charge is 2.18. The van der Waals surface area contributed by atoms with Crippen molar-refractivity contribution >= 4 is 0 Å². The van der Waals surface area contributed by atoms with Gasteiger partial charge in [0.1, 0.15) is 0 Å². The molecule has 1 aliphatic rings. The first-order valence-corrected chi connectivity index (χ1v) is 5.29. The zero-order chi connectivity index (χ0) is 9.52. The minimum Gasteiger partial charge on any atom is -0.392 e. The maximum absolute atomic E-state index is 8.64. The van der Waals surface area contributed by atoms with Crippen molar-refractivity contribution in [2.24, 2.45) is 11.8 Å². The summed E-state index contributed by atoms with van der Waals surface area (Å²) in [4.78, 5) is 0. The van der Waals surface area contributed by atoms with Gasteiger partial charge in [-0.3, -0.25) is 0 Å². The van der Waals surface area contributed by atoms with Gasteiger partial charge in [0.2, 0.25) is 0 Å². The van der Waals surface area contributed by atoms with E-state index in [1.165, 1.54) is 25.7 Å². The summed E-state index contributed by atoms with van der Waals surface area (Å²) >= 11 is 0. The van der Waals surface area contributed by atoms with E-state index < -0.39 is 0 Å². The summed E-state index contributed by atoms with van der Waals surface area (Å²) in [6.45, 7) is 1.35. The Labute approximate surface area is 81.0 Å². The summed E-state index contributed by atoms with van der Waals surface area (Å²) in [7, 11) is 2.03. The number of aliphatic hydroxyl groups excluding tert-OH is 1. The monoisotopic (exact) mass is 183 g/mol. The fourth-order valence-electron chi connectivity index (χ4n) is 2.13. The van der Waals surface area contributed by atoms with Crippen LogP contribution in [0.1, 0.15) is 25.7 Å². The lowest BCUT2D eigenvalue weighted by Crippen LogP contribution is -2.23. The lowest BCUT2D eigenvalue weighted by atomic mass is 9.82. The van der Waals surface area contributed by atoms with Crippen molar-refractivity contribution in [1.29, 1.82) is 0 Å². The zero-order valence-electron chi connectivity index (χ0n) is 8.50. The second-order valence-electron chi connectivity index (χ2n) is 3.95. The van der Waals surface area contributed by atoms with Crippen LogP contribution in [0.25, 0.3) is 0 Å². The molecule has 2 N–H and O–H groups in total. The van der Waals surface area contributed by atoms with Gasteiger partial charge in [-0.1, -0.05) is 12.2 Å². The minimum absolute atomic E-state index is 0.191. The summed E-state index contributed by atoms with van der Waals surface area (Å²) < 4.78 is 0. The SMILES string of the molecule is CNC[C@H]1CC[C@H](/C=C/CO)CC1. The molecule has 13 heavy (non-hydrogen) atoms. The van der Waals surface area contributed by atoms with Crippen LogP contribution in [0.4, 0.5) is 0 Å². The third-order valence-electron chi connectivity index (χ3n) is 2.90. The molecule has 0 heterocycles. The van der Waals surface area contributed by atoms with Crippen molar-refractivity contribution in [3.63, 3.8) is 0 Å². The molecule has 1 rings (SSSR count). The fourth-order valence-corrected chi connectivity index (χ4v) is 2.13. The second-order valence-corrected chi connectivity index (χ2v) is 3.95. The van der Waals surface area contributed by atoms with E-state index in [0.29, 0.717) is 0 Å². The molecule has 0 radical (unpaired) electrons. The molecule has 0 aromatic rings. The van der Waals surface area contributed by atoms with E-state index >= 15 is 0 Å². The quantitative estimate of drug-likeness (QED) is 0.648. The van der Waals surface area contributed by atoms with Crippen LogP contribution in [0.5, 0.6) is 0 Å². The lowest BCUT2D eigenvalue weighted by Gasteiger charge is -2.26. The van der Waals surface area contributed by atoms with Crippen molar-refractivity contribution < 1.29 is 5.11 Å². The van der Waals surface area contributed by atoms with E-state index in [4.69, 9.17) is 5.11 Å². The molecule has 1 fully saturated rings. The normalized spacial score (nSPS) is 29.7. The lowest BCUT2D eigenvalue weighted by molar-refractivity contribution is 0.302. The Hall–Kier alpha value is -0.340. The third-order valence-corrected chi connectivity index (χ3v) is 2.90. The van der Waals surface area contributed by atoms with E-state index in [-0.39, 0.29) is 6.61 Å². The van der Waals surface area contributed by atoms with Crippen LogP contribution < -0.4 is 5.32 Å². The molecule has 0 spiro atoms. The number of nitrogens with one attached hydrogen (secondary N) is 1. The average Bonchev–Trinajstić information content (AvgIpc) is 2.17. The topological polar surface area (TPSA) is 32.3 Å². The van der Waals surface area contributed by atoms with Gasteiger partial charge in [0.05, 0.1) is 6.61 Å². The van der Waals surface area contributed by atoms with Crippen LogP contribution in [0, 0.1) is 11.8 Å². The highest BCUT2D eigenvalue weighted by Crippen LogP contribution is 2.28. The van der Waals surface area contributed by atoms with E-state index in [9.17, 15) is 0 Å². The molecule has 0 amide bonds. The molecule has 0 aromatic heterocycles. The first kappa shape index (κ1) is 10.7. The predicted octanol–water partition coefficient (Wildman–Crippen LogP) is 1.56. The molecule has 0 atom stereocenters. The number of rotatable bonds is 4. The summed E-state index contributed by atoms with van der Waals surface area (Å²) in [5.74, 6) is 1.60. The Bertz CT molecular complexity index is 148. The Balaban J connectivity index is 2.18. The van der Waals surface area contributed by atoms with Gasteiger partial charge in [-0.2, -0.15) is 0 Å². The summed E-state index contributed by atoms with van der Waals surface area (Å²) in [6.07, 6.45) is 9.31. The van der Waals surface area contributed by atoms with E-state index in [0.717, 1.165) is 18.4 Å². The highest BCUT2D eigenvalue weighted by atomic mass is 16.2. The van der Waals surface area contributed by atoms with Crippen molar-refractivity contribution in [2.75, 3.05) is 20.2 Å². The Morgan fingerprint density at radius 3 is 2.54 bits per heavy atom. The third kappa shape index (κ3) is 3.92. The predicted molar refractivity (Wildman–Crippen MR) is 55.6 cm³/mol. The van der Waals surface area contributed by atoms with E-state index in [1.807, 2.05) is 13.1 Å². The summed E-state index contributed by atoms with van der Waals surface area (Å²) in [5, 5.41) is 11.9. The molecular formula is C11H21NO. The van der Waals surface area contributed by atoms with Gasteiger partial charge in [-0.05, 0) is 51.1 Å². The zero-order valence-corrected chi connectivity index (χ0v) is 8.50. The van der Waals surface area contributed by atoms with Crippen LogP contribution >= 0.6 is 0 Å². The maximum atomic E-state index is 8.64. The van der Waals surface area contributed by atoms with Crippen LogP contribution in [0.15, 0.2) is 12.2 Å². The van der Waals surface area contributed by atoms with Crippen molar-refractivity contribution in [1.82, 2.24) is 5.32 Å². The Morgan fingerprint density at radius 1 is 1.31 bits per heavy atom. The van der Waals surface area contributed by atoms with Crippen LogP contribution in [-0.2, 0) is 0 Å². The van der Waals surface area contributed by atoms with Gasteiger partial charge in [-0.15, -0.1) is 0 Å². The summed E-state index contributed by atoms with van der Waals surface area (Å²) in [5.41, 5.74) is 0. The standard InChI is InChI=1S/C11H21NO/c1-12-9-11-6-4-10(5-7-11)3-2-8-13/h2-3,10-13H,4-9H2,1H3/b3-2+/t10-,11-. The molecule has 1 saturated carbocycles. The number of allylic oxidation sites excluding steroid dienone is 1. The number of aliphatic hydroxyl groups is 1. The number of hydrogen-bond acceptors (Lipinski definition) is 2. The van der Waals surface area contributed by atoms with Crippen molar-refractivity contribution in [3.8, 4) is 0 Å². The van der Waals surface area contributed by atoms with Gasteiger partial charge in [0.15, 0.2) is 0 Å². The molecule has 2 heteroatoms. The second kappa shape index (κ2) is 6.17. The number of hydrogen-bond donors (Lipinski definition) is 2. The van der Waals surface area contributed by atoms with E-state index in [2.05, 4.69) is 11.4 Å². The first-order chi connectivity index (χ1) is 6.36. The summed E-state index contributed by atoms with van der Waals surface area (Å²) in [6, 6.07) is 0. The first-order valence-electron chi connectivity index (χ1n) is 5.29. The highest BCUT2D eigenvalue weighted by molar-refractivity contribution is 4.90. The van der Waals surface area contributed by atoms with Crippen molar-refractivity contribution in [3.05, 3.63) is 12.2 Å². The molecule has 0 unspecified atom stereocenters. The Morgan fingerprint density at radius 2 is 2.00 bits per heavy atom. The fraction of sp³-hybridized carbons (Fsp3) is 0.818. The smallest absolute Gasteiger partial charge is 0.0612 e. The van der Waals surface area contributed by atoms with Crippen LogP contribution in [0.2, 0.25) is 0 Å².